The van der Waals surface area contributed by atoms with Crippen LogP contribution in [0.15, 0.2) is 23.7 Å². The van der Waals surface area contributed by atoms with Crippen molar-refractivity contribution in [1.82, 2.24) is 4.98 Å². The van der Waals surface area contributed by atoms with Crippen LogP contribution in [0.25, 0.3) is 0 Å². The van der Waals surface area contributed by atoms with Gasteiger partial charge < -0.3 is 5.32 Å². The fourth-order valence-corrected chi connectivity index (χ4v) is 2.16. The monoisotopic (exact) mass is 236 g/mol. The summed E-state index contributed by atoms with van der Waals surface area (Å²) in [5.41, 5.74) is 4.40. The molecule has 16 heavy (non-hydrogen) atoms. The Labute approximate surface area is 98.2 Å². The fraction of sp³-hybridized carbons (Fsp3) is 0.250. The lowest BCUT2D eigenvalue weighted by Gasteiger charge is -2.07. The Balaban J connectivity index is 2.10. The van der Waals surface area contributed by atoms with Crippen LogP contribution in [0.5, 0.6) is 0 Å². The van der Waals surface area contributed by atoms with E-state index >= 15 is 0 Å². The number of thiazole rings is 1. The lowest BCUT2D eigenvalue weighted by molar-refractivity contribution is 0.629. The molecule has 84 valence electrons. The third kappa shape index (κ3) is 2.39. The third-order valence-electron chi connectivity index (χ3n) is 2.41. The molecular formula is C12H13FN2S. The summed E-state index contributed by atoms with van der Waals surface area (Å²) < 4.78 is 13.4. The van der Waals surface area contributed by atoms with Gasteiger partial charge in [-0.15, -0.1) is 11.3 Å². The van der Waals surface area contributed by atoms with Gasteiger partial charge in [0.05, 0.1) is 23.4 Å². The van der Waals surface area contributed by atoms with E-state index in [0.717, 1.165) is 16.1 Å². The van der Waals surface area contributed by atoms with Crippen LogP contribution in [-0.2, 0) is 6.54 Å². The summed E-state index contributed by atoms with van der Waals surface area (Å²) in [6.07, 6.45) is 0. The first-order valence-corrected chi connectivity index (χ1v) is 5.94. The minimum Gasteiger partial charge on any atom is -0.378 e. The minimum atomic E-state index is -0.215. The molecule has 0 fully saturated rings. The van der Waals surface area contributed by atoms with E-state index in [1.807, 2.05) is 19.9 Å². The molecule has 1 aromatic heterocycles. The number of aryl methyl sites for hydroxylation is 2. The van der Waals surface area contributed by atoms with Gasteiger partial charge in [-0.25, -0.2) is 9.37 Å². The van der Waals surface area contributed by atoms with Crippen LogP contribution in [0.2, 0.25) is 0 Å². The summed E-state index contributed by atoms with van der Waals surface area (Å²) in [6, 6.07) is 5.06. The number of hydrogen-bond acceptors (Lipinski definition) is 3. The Kier molecular flexibility index (Phi) is 3.19. The SMILES string of the molecule is Cc1ccc(F)c(NCc2scnc2C)c1. The van der Waals surface area contributed by atoms with E-state index in [1.54, 1.807) is 22.9 Å². The third-order valence-corrected chi connectivity index (χ3v) is 3.34. The Bertz CT molecular complexity index is 494. The van der Waals surface area contributed by atoms with Crippen molar-refractivity contribution >= 4 is 17.0 Å². The molecule has 1 aromatic carbocycles. The number of nitrogens with zero attached hydrogens (tertiary/aromatic N) is 1. The van der Waals surface area contributed by atoms with Crippen molar-refractivity contribution in [3.63, 3.8) is 0 Å². The number of halogens is 1. The van der Waals surface area contributed by atoms with Crippen molar-refractivity contribution in [2.24, 2.45) is 0 Å². The van der Waals surface area contributed by atoms with Crippen LogP contribution in [0.1, 0.15) is 16.1 Å². The second-order valence-corrected chi connectivity index (χ2v) is 4.64. The number of hydrogen-bond donors (Lipinski definition) is 1. The lowest BCUT2D eigenvalue weighted by Crippen LogP contribution is -2.01. The van der Waals surface area contributed by atoms with Gasteiger partial charge in [0.25, 0.3) is 0 Å². The highest BCUT2D eigenvalue weighted by Gasteiger charge is 2.04. The highest BCUT2D eigenvalue weighted by molar-refractivity contribution is 7.09. The smallest absolute Gasteiger partial charge is 0.146 e. The standard InChI is InChI=1S/C12H13FN2S/c1-8-3-4-10(13)11(5-8)14-6-12-9(2)15-7-16-12/h3-5,7,14H,6H2,1-2H3. The van der Waals surface area contributed by atoms with E-state index in [4.69, 9.17) is 0 Å². The zero-order valence-electron chi connectivity index (χ0n) is 9.25. The Morgan fingerprint density at radius 1 is 1.38 bits per heavy atom. The predicted molar refractivity (Wildman–Crippen MR) is 65.3 cm³/mol. The molecule has 0 bridgehead atoms. The van der Waals surface area contributed by atoms with E-state index in [2.05, 4.69) is 10.3 Å². The molecular weight excluding hydrogens is 223 g/mol. The Morgan fingerprint density at radius 2 is 2.19 bits per heavy atom. The molecule has 0 aliphatic rings. The maximum atomic E-state index is 13.4. The van der Waals surface area contributed by atoms with Gasteiger partial charge in [-0.2, -0.15) is 0 Å². The molecule has 0 saturated carbocycles. The van der Waals surface area contributed by atoms with Gasteiger partial charge >= 0.3 is 0 Å². The van der Waals surface area contributed by atoms with E-state index in [1.165, 1.54) is 6.07 Å². The predicted octanol–water partition coefficient (Wildman–Crippen LogP) is 3.51. The van der Waals surface area contributed by atoms with Crippen LogP contribution < -0.4 is 5.32 Å². The van der Waals surface area contributed by atoms with Crippen molar-refractivity contribution in [2.75, 3.05) is 5.32 Å². The average Bonchev–Trinajstić information content (AvgIpc) is 2.66. The normalized spacial score (nSPS) is 10.4. The maximum Gasteiger partial charge on any atom is 0.146 e. The first-order chi connectivity index (χ1) is 7.66. The Morgan fingerprint density at radius 3 is 2.88 bits per heavy atom. The summed E-state index contributed by atoms with van der Waals surface area (Å²) >= 11 is 1.58. The van der Waals surface area contributed by atoms with E-state index in [-0.39, 0.29) is 5.82 Å². The highest BCUT2D eigenvalue weighted by Crippen LogP contribution is 2.19. The number of anilines is 1. The van der Waals surface area contributed by atoms with Gasteiger partial charge in [-0.3, -0.25) is 0 Å². The molecule has 1 N–H and O–H groups in total. The minimum absolute atomic E-state index is 0.215. The van der Waals surface area contributed by atoms with Crippen LogP contribution in [0.4, 0.5) is 10.1 Å². The van der Waals surface area contributed by atoms with Crippen molar-refractivity contribution in [3.8, 4) is 0 Å². The summed E-state index contributed by atoms with van der Waals surface area (Å²) in [6.45, 7) is 4.53. The molecule has 2 aromatic rings. The summed E-state index contributed by atoms with van der Waals surface area (Å²) in [5, 5.41) is 3.09. The van der Waals surface area contributed by atoms with Gasteiger partial charge in [0.2, 0.25) is 0 Å². The number of aromatic nitrogens is 1. The highest BCUT2D eigenvalue weighted by atomic mass is 32.1. The second-order valence-electron chi connectivity index (χ2n) is 3.70. The summed E-state index contributed by atoms with van der Waals surface area (Å²) in [7, 11) is 0. The van der Waals surface area contributed by atoms with Gasteiger partial charge in [0, 0.05) is 4.88 Å². The average molecular weight is 236 g/mol. The van der Waals surface area contributed by atoms with Crippen molar-refractivity contribution in [3.05, 3.63) is 45.7 Å². The largest absolute Gasteiger partial charge is 0.378 e. The first kappa shape index (κ1) is 11.1. The molecule has 0 atom stereocenters. The molecule has 0 aliphatic carbocycles. The second kappa shape index (κ2) is 4.61. The Hall–Kier alpha value is -1.42. The summed E-state index contributed by atoms with van der Waals surface area (Å²) in [4.78, 5) is 5.29. The van der Waals surface area contributed by atoms with Crippen LogP contribution >= 0.6 is 11.3 Å². The van der Waals surface area contributed by atoms with Crippen LogP contribution in [0.3, 0.4) is 0 Å². The molecule has 2 nitrogen and oxygen atoms in total. The topological polar surface area (TPSA) is 24.9 Å². The molecule has 0 amide bonds. The number of benzene rings is 1. The molecule has 0 spiro atoms. The van der Waals surface area contributed by atoms with Crippen LogP contribution in [-0.4, -0.2) is 4.98 Å². The zero-order valence-corrected chi connectivity index (χ0v) is 10.1. The van der Waals surface area contributed by atoms with E-state index in [0.29, 0.717) is 12.2 Å². The molecule has 4 heteroatoms. The number of rotatable bonds is 3. The lowest BCUT2D eigenvalue weighted by atomic mass is 10.2. The van der Waals surface area contributed by atoms with Gasteiger partial charge in [-0.1, -0.05) is 6.07 Å². The van der Waals surface area contributed by atoms with E-state index < -0.39 is 0 Å². The zero-order chi connectivity index (χ0) is 11.5. The molecule has 1 heterocycles. The molecule has 0 unspecified atom stereocenters. The van der Waals surface area contributed by atoms with Gasteiger partial charge in [0.15, 0.2) is 0 Å². The molecule has 0 aliphatic heterocycles. The van der Waals surface area contributed by atoms with Crippen molar-refractivity contribution in [2.45, 2.75) is 20.4 Å². The van der Waals surface area contributed by atoms with Crippen LogP contribution in [0, 0.1) is 19.7 Å². The summed E-state index contributed by atoms with van der Waals surface area (Å²) in [5.74, 6) is -0.215. The van der Waals surface area contributed by atoms with Crippen molar-refractivity contribution in [1.29, 1.82) is 0 Å². The fourth-order valence-electron chi connectivity index (χ4n) is 1.45. The first-order valence-electron chi connectivity index (χ1n) is 5.06. The van der Waals surface area contributed by atoms with E-state index in [9.17, 15) is 4.39 Å². The molecule has 0 saturated heterocycles. The quantitative estimate of drug-likeness (QED) is 0.882. The van der Waals surface area contributed by atoms with Crippen molar-refractivity contribution < 1.29 is 4.39 Å². The maximum absolute atomic E-state index is 13.4. The van der Waals surface area contributed by atoms with Gasteiger partial charge in [0.1, 0.15) is 5.82 Å². The van der Waals surface area contributed by atoms with Gasteiger partial charge in [-0.05, 0) is 31.5 Å². The molecule has 2 rings (SSSR count). The number of nitrogens with one attached hydrogen (secondary N) is 1. The molecule has 0 radical (unpaired) electrons.